The van der Waals surface area contributed by atoms with Gasteiger partial charge < -0.3 is 19.7 Å². The van der Waals surface area contributed by atoms with Crippen LogP contribution in [0.15, 0.2) is 18.3 Å². The van der Waals surface area contributed by atoms with Gasteiger partial charge in [0.15, 0.2) is 5.60 Å². The van der Waals surface area contributed by atoms with Gasteiger partial charge in [0.2, 0.25) is 0 Å². The molecule has 2 rings (SSSR count). The van der Waals surface area contributed by atoms with E-state index < -0.39 is 5.60 Å². The lowest BCUT2D eigenvalue weighted by Crippen LogP contribution is -2.58. The Labute approximate surface area is 144 Å². The molecule has 1 fully saturated rings. The zero-order valence-corrected chi connectivity index (χ0v) is 15.0. The highest BCUT2D eigenvalue weighted by atomic mass is 16.5. The molecule has 1 aromatic heterocycles. The second kappa shape index (κ2) is 8.99. The second-order valence-corrected chi connectivity index (χ2v) is 6.22. The van der Waals surface area contributed by atoms with Crippen LogP contribution in [0.2, 0.25) is 0 Å². The maximum absolute atomic E-state index is 13.3. The van der Waals surface area contributed by atoms with Crippen molar-refractivity contribution < 1.29 is 14.3 Å². The summed E-state index contributed by atoms with van der Waals surface area (Å²) in [5, 5.41) is 3.32. The summed E-state index contributed by atoms with van der Waals surface area (Å²) in [5.41, 5.74) is -0.00997. The molecular weight excluding hydrogens is 306 g/mol. The van der Waals surface area contributed by atoms with E-state index in [1.54, 1.807) is 13.3 Å². The van der Waals surface area contributed by atoms with Crippen LogP contribution in [0, 0.1) is 6.92 Å². The van der Waals surface area contributed by atoms with E-state index in [2.05, 4.69) is 17.2 Å². The van der Waals surface area contributed by atoms with Crippen LogP contribution in [0.3, 0.4) is 0 Å². The third-order valence-electron chi connectivity index (χ3n) is 4.41. The fourth-order valence-electron chi connectivity index (χ4n) is 3.05. The lowest BCUT2D eigenvalue weighted by molar-refractivity contribution is -0.151. The van der Waals surface area contributed by atoms with Gasteiger partial charge in [-0.3, -0.25) is 9.78 Å². The van der Waals surface area contributed by atoms with Crippen molar-refractivity contribution in [1.82, 2.24) is 15.2 Å². The number of carbonyl (C=O) groups excluding carboxylic acids is 1. The minimum Gasteiger partial charge on any atom is -0.475 e. The molecule has 24 heavy (non-hydrogen) atoms. The van der Waals surface area contributed by atoms with Crippen LogP contribution >= 0.6 is 0 Å². The van der Waals surface area contributed by atoms with Crippen LogP contribution in [-0.4, -0.2) is 61.3 Å². The molecule has 0 unspecified atom stereocenters. The fraction of sp³-hybridized carbons (Fsp3) is 0.667. The van der Waals surface area contributed by atoms with E-state index in [1.165, 1.54) is 0 Å². The summed E-state index contributed by atoms with van der Waals surface area (Å²) >= 11 is 0. The largest absolute Gasteiger partial charge is 0.475 e. The Hall–Kier alpha value is -1.66. The first-order valence-corrected chi connectivity index (χ1v) is 8.72. The van der Waals surface area contributed by atoms with Crippen molar-refractivity contribution in [1.29, 1.82) is 0 Å². The number of pyridine rings is 1. The summed E-state index contributed by atoms with van der Waals surface area (Å²) in [6.07, 6.45) is 3.97. The molecule has 1 saturated heterocycles. The van der Waals surface area contributed by atoms with Gasteiger partial charge in [0, 0.05) is 39.2 Å². The number of nitrogens with zero attached hydrogens (tertiary/aromatic N) is 2. The molecule has 1 amide bonds. The molecule has 1 aromatic rings. The highest BCUT2D eigenvalue weighted by molar-refractivity contribution is 5.86. The number of ether oxygens (including phenoxy) is 2. The average molecular weight is 335 g/mol. The molecule has 0 aliphatic carbocycles. The summed E-state index contributed by atoms with van der Waals surface area (Å²) in [5.74, 6) is 0.752. The van der Waals surface area contributed by atoms with Gasteiger partial charge in [0.1, 0.15) is 5.75 Å². The van der Waals surface area contributed by atoms with E-state index in [0.717, 1.165) is 25.2 Å². The van der Waals surface area contributed by atoms with Gasteiger partial charge >= 0.3 is 0 Å². The van der Waals surface area contributed by atoms with Crippen LogP contribution in [0.25, 0.3) is 0 Å². The Balaban J connectivity index is 2.25. The normalized spacial score (nSPS) is 16.6. The van der Waals surface area contributed by atoms with E-state index in [4.69, 9.17) is 9.47 Å². The van der Waals surface area contributed by atoms with Crippen molar-refractivity contribution >= 4 is 5.91 Å². The number of methoxy groups -OCH3 is 1. The Kier molecular flexibility index (Phi) is 6.99. The van der Waals surface area contributed by atoms with Gasteiger partial charge in [-0.15, -0.1) is 0 Å². The highest BCUT2D eigenvalue weighted by Crippen LogP contribution is 2.30. The number of hydrogen-bond acceptors (Lipinski definition) is 5. The van der Waals surface area contributed by atoms with Crippen molar-refractivity contribution in [2.45, 2.75) is 38.7 Å². The molecule has 0 saturated carbocycles. The molecule has 2 heterocycles. The molecule has 1 N–H and O–H groups in total. The highest BCUT2D eigenvalue weighted by Gasteiger charge is 2.44. The molecule has 0 radical (unpaired) electrons. The van der Waals surface area contributed by atoms with Crippen LogP contribution in [0.1, 0.15) is 31.9 Å². The number of amides is 1. The number of hydrogen-bond donors (Lipinski definition) is 1. The second-order valence-electron chi connectivity index (χ2n) is 6.22. The third kappa shape index (κ3) is 4.45. The summed E-state index contributed by atoms with van der Waals surface area (Å²) in [7, 11) is 1.66. The predicted molar refractivity (Wildman–Crippen MR) is 93.2 cm³/mol. The lowest BCUT2D eigenvalue weighted by atomic mass is 9.90. The molecule has 0 aromatic carbocycles. The van der Waals surface area contributed by atoms with Gasteiger partial charge in [-0.25, -0.2) is 0 Å². The van der Waals surface area contributed by atoms with Crippen LogP contribution in [0.5, 0.6) is 5.75 Å². The smallest absolute Gasteiger partial charge is 0.266 e. The molecule has 0 atom stereocenters. The maximum Gasteiger partial charge on any atom is 0.266 e. The fourth-order valence-corrected chi connectivity index (χ4v) is 3.05. The van der Waals surface area contributed by atoms with Gasteiger partial charge in [-0.1, -0.05) is 6.92 Å². The Morgan fingerprint density at radius 3 is 2.75 bits per heavy atom. The van der Waals surface area contributed by atoms with Crippen molar-refractivity contribution in [2.24, 2.45) is 0 Å². The summed E-state index contributed by atoms with van der Waals surface area (Å²) in [4.78, 5) is 19.5. The zero-order chi connectivity index (χ0) is 17.4. The Morgan fingerprint density at radius 2 is 2.12 bits per heavy atom. The monoisotopic (exact) mass is 335 g/mol. The number of rotatable bonds is 8. The first-order valence-electron chi connectivity index (χ1n) is 8.72. The number of aryl methyl sites for hydroxylation is 1. The predicted octanol–water partition coefficient (Wildman–Crippen LogP) is 1.78. The Bertz CT molecular complexity index is 530. The molecule has 0 spiro atoms. The quantitative estimate of drug-likeness (QED) is 0.784. The van der Waals surface area contributed by atoms with Gasteiger partial charge in [-0.2, -0.15) is 0 Å². The topological polar surface area (TPSA) is 63.7 Å². The number of piperidine rings is 1. The van der Waals surface area contributed by atoms with E-state index in [0.29, 0.717) is 38.3 Å². The standard InChI is InChI=1S/C18H29N3O3/c1-4-12-21(13-14-23-3)17(22)18(7-10-19-11-8-18)24-16-6-5-9-20-15(16)2/h5-6,9,19H,4,7-8,10-14H2,1-3H3. The van der Waals surface area contributed by atoms with Crippen LogP contribution < -0.4 is 10.1 Å². The van der Waals surface area contributed by atoms with E-state index in [-0.39, 0.29) is 5.91 Å². The number of aromatic nitrogens is 1. The molecule has 6 heteroatoms. The molecule has 1 aliphatic rings. The van der Waals surface area contributed by atoms with Gasteiger partial charge in [0.25, 0.3) is 5.91 Å². The van der Waals surface area contributed by atoms with Crippen molar-refractivity contribution in [2.75, 3.05) is 39.9 Å². The third-order valence-corrected chi connectivity index (χ3v) is 4.41. The SMILES string of the molecule is CCCN(CCOC)C(=O)C1(Oc2cccnc2C)CCNCC1. The van der Waals surface area contributed by atoms with E-state index >= 15 is 0 Å². The lowest BCUT2D eigenvalue weighted by Gasteiger charge is -2.40. The minimum absolute atomic E-state index is 0.0613. The summed E-state index contributed by atoms with van der Waals surface area (Å²) < 4.78 is 11.5. The Morgan fingerprint density at radius 1 is 1.38 bits per heavy atom. The zero-order valence-electron chi connectivity index (χ0n) is 15.0. The average Bonchev–Trinajstić information content (AvgIpc) is 2.61. The molecule has 134 valence electrons. The minimum atomic E-state index is -0.818. The molecule has 6 nitrogen and oxygen atoms in total. The molecular formula is C18H29N3O3. The van der Waals surface area contributed by atoms with E-state index in [1.807, 2.05) is 24.0 Å². The molecule has 0 bridgehead atoms. The van der Waals surface area contributed by atoms with Crippen LogP contribution in [-0.2, 0) is 9.53 Å². The van der Waals surface area contributed by atoms with Gasteiger partial charge in [0.05, 0.1) is 12.3 Å². The summed E-state index contributed by atoms with van der Waals surface area (Å²) in [6, 6.07) is 3.73. The van der Waals surface area contributed by atoms with Crippen molar-refractivity contribution in [3.05, 3.63) is 24.0 Å². The van der Waals surface area contributed by atoms with Gasteiger partial charge in [-0.05, 0) is 38.6 Å². The maximum atomic E-state index is 13.3. The van der Waals surface area contributed by atoms with Crippen LogP contribution in [0.4, 0.5) is 0 Å². The first-order chi connectivity index (χ1) is 11.6. The molecule has 1 aliphatic heterocycles. The van der Waals surface area contributed by atoms with E-state index in [9.17, 15) is 4.79 Å². The van der Waals surface area contributed by atoms with Crippen molar-refractivity contribution in [3.63, 3.8) is 0 Å². The first kappa shape index (κ1) is 18.7. The van der Waals surface area contributed by atoms with Crippen molar-refractivity contribution in [3.8, 4) is 5.75 Å². The number of carbonyl (C=O) groups is 1. The number of nitrogens with one attached hydrogen (secondary N) is 1. The summed E-state index contributed by atoms with van der Waals surface area (Å²) in [6.45, 7) is 7.37.